The van der Waals surface area contributed by atoms with Crippen LogP contribution in [0.15, 0.2) is 42.5 Å². The number of para-hydroxylation sites is 1. The van der Waals surface area contributed by atoms with Crippen LogP contribution in [0, 0.1) is 16.0 Å². The number of carbonyl (C=O) groups is 2. The van der Waals surface area contributed by atoms with Crippen LogP contribution in [0.2, 0.25) is 5.02 Å². The third-order valence-corrected chi connectivity index (χ3v) is 5.43. The first kappa shape index (κ1) is 20.7. The smallest absolute Gasteiger partial charge is 0.270 e. The SMILES string of the molecule is CC(C)[C@H](NC(=O)c1ccc([N+](=O)[O-])cc1Cl)C(=O)Nc1nc2ccccc2s1. The summed E-state index contributed by atoms with van der Waals surface area (Å²) < 4.78 is 0.936. The monoisotopic (exact) mass is 432 g/mol. The Bertz CT molecular complexity index is 1070. The third kappa shape index (κ3) is 4.69. The van der Waals surface area contributed by atoms with Crippen molar-refractivity contribution in [2.75, 3.05) is 5.32 Å². The number of halogens is 1. The van der Waals surface area contributed by atoms with E-state index in [9.17, 15) is 19.7 Å². The van der Waals surface area contributed by atoms with Crippen molar-refractivity contribution in [3.05, 3.63) is 63.2 Å². The highest BCUT2D eigenvalue weighted by Gasteiger charge is 2.26. The molecule has 0 aliphatic rings. The first-order valence-electron chi connectivity index (χ1n) is 8.67. The summed E-state index contributed by atoms with van der Waals surface area (Å²) in [7, 11) is 0. The van der Waals surface area contributed by atoms with Crippen LogP contribution in [0.1, 0.15) is 24.2 Å². The van der Waals surface area contributed by atoms with Gasteiger partial charge in [-0.3, -0.25) is 19.7 Å². The number of nitrogens with one attached hydrogen (secondary N) is 2. The van der Waals surface area contributed by atoms with Crippen molar-refractivity contribution in [1.29, 1.82) is 0 Å². The summed E-state index contributed by atoms with van der Waals surface area (Å²) in [5, 5.41) is 16.6. The van der Waals surface area contributed by atoms with Gasteiger partial charge in [0.2, 0.25) is 5.91 Å². The summed E-state index contributed by atoms with van der Waals surface area (Å²) in [6.45, 7) is 3.58. The Kier molecular flexibility index (Phi) is 6.09. The number of nitro groups is 1. The molecule has 3 aromatic rings. The molecule has 0 bridgehead atoms. The van der Waals surface area contributed by atoms with Crippen LogP contribution in [0.3, 0.4) is 0 Å². The molecular weight excluding hydrogens is 416 g/mol. The minimum absolute atomic E-state index is 0.0516. The highest BCUT2D eigenvalue weighted by molar-refractivity contribution is 7.22. The number of anilines is 1. The van der Waals surface area contributed by atoms with E-state index in [1.54, 1.807) is 13.8 Å². The second-order valence-corrected chi connectivity index (χ2v) is 8.03. The van der Waals surface area contributed by atoms with E-state index >= 15 is 0 Å². The summed E-state index contributed by atoms with van der Waals surface area (Å²) in [5.74, 6) is -1.22. The maximum Gasteiger partial charge on any atom is 0.270 e. The quantitative estimate of drug-likeness (QED) is 0.446. The van der Waals surface area contributed by atoms with E-state index in [1.165, 1.54) is 23.5 Å². The van der Waals surface area contributed by atoms with Gasteiger partial charge in [-0.25, -0.2) is 4.98 Å². The van der Waals surface area contributed by atoms with Crippen molar-refractivity contribution >= 4 is 55.8 Å². The maximum absolute atomic E-state index is 12.7. The summed E-state index contributed by atoms with van der Waals surface area (Å²) in [6.07, 6.45) is 0. The number of thiazole rings is 1. The molecule has 0 saturated heterocycles. The van der Waals surface area contributed by atoms with Crippen molar-refractivity contribution < 1.29 is 14.5 Å². The molecule has 8 nitrogen and oxygen atoms in total. The number of benzene rings is 2. The second kappa shape index (κ2) is 8.54. The van der Waals surface area contributed by atoms with Gasteiger partial charge in [0.1, 0.15) is 6.04 Å². The average Bonchev–Trinajstić information content (AvgIpc) is 3.07. The van der Waals surface area contributed by atoms with Crippen molar-refractivity contribution in [2.45, 2.75) is 19.9 Å². The number of hydrogen-bond acceptors (Lipinski definition) is 6. The van der Waals surface area contributed by atoms with Gasteiger partial charge in [0.15, 0.2) is 5.13 Å². The zero-order valence-corrected chi connectivity index (χ0v) is 17.1. The molecule has 0 fully saturated rings. The first-order chi connectivity index (χ1) is 13.8. The van der Waals surface area contributed by atoms with Gasteiger partial charge in [0.05, 0.1) is 25.7 Å². The molecule has 0 spiro atoms. The number of aromatic nitrogens is 1. The number of rotatable bonds is 6. The lowest BCUT2D eigenvalue weighted by molar-refractivity contribution is -0.384. The fraction of sp³-hybridized carbons (Fsp3) is 0.211. The van der Waals surface area contributed by atoms with Crippen molar-refractivity contribution in [3.8, 4) is 0 Å². The Labute approximate surface area is 175 Å². The Hall–Kier alpha value is -3.04. The molecule has 0 aliphatic heterocycles. The van der Waals surface area contributed by atoms with E-state index in [4.69, 9.17) is 11.6 Å². The van der Waals surface area contributed by atoms with Gasteiger partial charge in [-0.1, -0.05) is 48.9 Å². The highest BCUT2D eigenvalue weighted by atomic mass is 35.5. The Morgan fingerprint density at radius 2 is 1.93 bits per heavy atom. The zero-order valence-electron chi connectivity index (χ0n) is 15.5. The number of nitro benzene ring substituents is 1. The van der Waals surface area contributed by atoms with Gasteiger partial charge >= 0.3 is 0 Å². The molecule has 1 aromatic heterocycles. The Morgan fingerprint density at radius 3 is 2.55 bits per heavy atom. The maximum atomic E-state index is 12.7. The molecule has 1 heterocycles. The van der Waals surface area contributed by atoms with Crippen LogP contribution in [0.5, 0.6) is 0 Å². The molecule has 0 saturated carbocycles. The molecule has 2 amide bonds. The summed E-state index contributed by atoms with van der Waals surface area (Å²) in [5.41, 5.74) is 0.604. The van der Waals surface area contributed by atoms with Gasteiger partial charge < -0.3 is 10.6 Å². The largest absolute Gasteiger partial charge is 0.340 e. The summed E-state index contributed by atoms with van der Waals surface area (Å²) in [6, 6.07) is 10.2. The fourth-order valence-electron chi connectivity index (χ4n) is 2.66. The minimum Gasteiger partial charge on any atom is -0.340 e. The molecule has 10 heteroatoms. The van der Waals surface area contributed by atoms with E-state index in [0.717, 1.165) is 16.3 Å². The molecule has 0 radical (unpaired) electrons. The third-order valence-electron chi connectivity index (χ3n) is 4.17. The van der Waals surface area contributed by atoms with Crippen LogP contribution in [-0.4, -0.2) is 27.8 Å². The van der Waals surface area contributed by atoms with Crippen molar-refractivity contribution in [3.63, 3.8) is 0 Å². The number of nitrogens with zero attached hydrogens (tertiary/aromatic N) is 2. The molecule has 3 rings (SSSR count). The minimum atomic E-state index is -0.847. The van der Waals surface area contributed by atoms with E-state index in [-0.39, 0.29) is 22.2 Å². The standard InChI is InChI=1S/C19H17ClN4O4S/c1-10(2)16(18(26)23-19-21-14-5-3-4-6-15(14)29-19)22-17(25)12-8-7-11(24(27)28)9-13(12)20/h3-10,16H,1-2H3,(H,22,25)(H,21,23,26)/t16-/m0/s1. The van der Waals surface area contributed by atoms with Gasteiger partial charge in [0, 0.05) is 12.1 Å². The first-order valence-corrected chi connectivity index (χ1v) is 9.87. The normalized spacial score (nSPS) is 12.0. The van der Waals surface area contributed by atoms with Crippen molar-refractivity contribution in [1.82, 2.24) is 10.3 Å². The predicted molar refractivity (Wildman–Crippen MR) is 112 cm³/mol. The fourth-order valence-corrected chi connectivity index (χ4v) is 3.79. The van der Waals surface area contributed by atoms with Crippen LogP contribution >= 0.6 is 22.9 Å². The van der Waals surface area contributed by atoms with Gasteiger partial charge in [-0.2, -0.15) is 0 Å². The average molecular weight is 433 g/mol. The molecule has 0 unspecified atom stereocenters. The molecule has 150 valence electrons. The number of amides is 2. The van der Waals surface area contributed by atoms with E-state index in [1.807, 2.05) is 24.3 Å². The summed E-state index contributed by atoms with van der Waals surface area (Å²) in [4.78, 5) is 39.9. The lowest BCUT2D eigenvalue weighted by atomic mass is 10.0. The van der Waals surface area contributed by atoms with Gasteiger partial charge in [-0.15, -0.1) is 0 Å². The van der Waals surface area contributed by atoms with Crippen LogP contribution in [-0.2, 0) is 4.79 Å². The summed E-state index contributed by atoms with van der Waals surface area (Å²) >= 11 is 7.35. The van der Waals surface area contributed by atoms with Crippen molar-refractivity contribution in [2.24, 2.45) is 5.92 Å². The predicted octanol–water partition coefficient (Wildman–Crippen LogP) is 4.25. The lowest BCUT2D eigenvalue weighted by Crippen LogP contribution is -2.47. The molecular formula is C19H17ClN4O4S. The molecule has 1 atom stereocenters. The number of carbonyl (C=O) groups excluding carboxylic acids is 2. The lowest BCUT2D eigenvalue weighted by Gasteiger charge is -2.21. The zero-order chi connectivity index (χ0) is 21.1. The van der Waals surface area contributed by atoms with Gasteiger partial charge in [0.25, 0.3) is 11.6 Å². The second-order valence-electron chi connectivity index (χ2n) is 6.59. The van der Waals surface area contributed by atoms with E-state index in [0.29, 0.717) is 5.13 Å². The molecule has 2 aromatic carbocycles. The topological polar surface area (TPSA) is 114 Å². The van der Waals surface area contributed by atoms with E-state index < -0.39 is 22.8 Å². The molecule has 29 heavy (non-hydrogen) atoms. The Morgan fingerprint density at radius 1 is 1.21 bits per heavy atom. The van der Waals surface area contributed by atoms with Crippen LogP contribution < -0.4 is 10.6 Å². The molecule has 2 N–H and O–H groups in total. The number of hydrogen-bond donors (Lipinski definition) is 2. The van der Waals surface area contributed by atoms with Crippen LogP contribution in [0.25, 0.3) is 10.2 Å². The number of fused-ring (bicyclic) bond motifs is 1. The number of non-ortho nitro benzene ring substituents is 1. The van der Waals surface area contributed by atoms with E-state index in [2.05, 4.69) is 15.6 Å². The van der Waals surface area contributed by atoms with Gasteiger partial charge in [-0.05, 0) is 24.1 Å². The Balaban J connectivity index is 1.76. The molecule has 0 aliphatic carbocycles. The highest BCUT2D eigenvalue weighted by Crippen LogP contribution is 2.26. The van der Waals surface area contributed by atoms with Crippen LogP contribution in [0.4, 0.5) is 10.8 Å².